The van der Waals surface area contributed by atoms with Crippen molar-refractivity contribution in [3.05, 3.63) is 28.8 Å². The van der Waals surface area contributed by atoms with Gasteiger partial charge in [0.1, 0.15) is 11.9 Å². The van der Waals surface area contributed by atoms with Crippen LogP contribution in [0.15, 0.2) is 18.2 Å². The summed E-state index contributed by atoms with van der Waals surface area (Å²) < 4.78 is 5.55. The lowest BCUT2D eigenvalue weighted by Gasteiger charge is -2.30. The fraction of sp³-hybridized carbons (Fsp3) is 0.364. The van der Waals surface area contributed by atoms with Crippen LogP contribution in [0, 0.1) is 0 Å². The first-order valence-corrected chi connectivity index (χ1v) is 5.38. The average Bonchev–Trinajstić information content (AvgIpc) is 2.33. The van der Waals surface area contributed by atoms with Crippen LogP contribution in [0.2, 0.25) is 5.02 Å². The highest BCUT2D eigenvalue weighted by molar-refractivity contribution is 6.32. The molecule has 1 amide bonds. The number of halogens is 1. The van der Waals surface area contributed by atoms with Crippen LogP contribution in [0.5, 0.6) is 5.75 Å². The van der Waals surface area contributed by atoms with E-state index < -0.39 is 0 Å². The monoisotopic (exact) mass is 241 g/mol. The number of rotatable bonds is 2. The molecule has 1 aromatic carbocycles. The van der Waals surface area contributed by atoms with E-state index in [1.54, 1.807) is 17.0 Å². The minimum atomic E-state index is -0.169. The van der Waals surface area contributed by atoms with Gasteiger partial charge >= 0.3 is 0 Å². The summed E-state index contributed by atoms with van der Waals surface area (Å²) in [6.07, 6.45) is 0.648. The predicted molar refractivity (Wildman–Crippen MR) is 59.4 cm³/mol. The maximum Gasteiger partial charge on any atom is 0.209 e. The molecule has 1 aliphatic heterocycles. The Bertz CT molecular complexity index is 397. The number of nitrogens with zero attached hydrogens (tertiary/aromatic N) is 1. The van der Waals surface area contributed by atoms with Crippen molar-refractivity contribution in [1.29, 1.82) is 0 Å². The SMILES string of the molecule is O=CN1CCOC(c2ccc(O)c(Cl)c2)C1. The first kappa shape index (κ1) is 11.2. The molecule has 0 spiro atoms. The molecule has 1 saturated heterocycles. The number of carbonyl (C=O) groups is 1. The predicted octanol–water partition coefficient (Wildman–Crippen LogP) is 1.58. The standard InChI is InChI=1S/C11H12ClNO3/c12-9-5-8(1-2-10(9)15)11-6-13(7-14)3-4-16-11/h1-2,5,7,11,15H,3-4,6H2. The highest BCUT2D eigenvalue weighted by atomic mass is 35.5. The van der Waals surface area contributed by atoms with Crippen molar-refractivity contribution in [3.63, 3.8) is 0 Å². The highest BCUT2D eigenvalue weighted by Crippen LogP contribution is 2.29. The van der Waals surface area contributed by atoms with Gasteiger partial charge < -0.3 is 14.7 Å². The lowest BCUT2D eigenvalue weighted by atomic mass is 10.1. The smallest absolute Gasteiger partial charge is 0.209 e. The van der Waals surface area contributed by atoms with Gasteiger partial charge in [0.15, 0.2) is 0 Å². The summed E-state index contributed by atoms with van der Waals surface area (Å²) in [5.74, 6) is 0.0495. The number of morpholine rings is 1. The van der Waals surface area contributed by atoms with Gasteiger partial charge in [-0.15, -0.1) is 0 Å². The quantitative estimate of drug-likeness (QED) is 0.800. The minimum Gasteiger partial charge on any atom is -0.506 e. The van der Waals surface area contributed by atoms with Gasteiger partial charge in [0.2, 0.25) is 6.41 Å². The van der Waals surface area contributed by atoms with E-state index in [0.717, 1.165) is 12.0 Å². The van der Waals surface area contributed by atoms with E-state index in [4.69, 9.17) is 16.3 Å². The van der Waals surface area contributed by atoms with Crippen LogP contribution in [0.25, 0.3) is 0 Å². The third-order valence-electron chi connectivity index (χ3n) is 2.59. The summed E-state index contributed by atoms with van der Waals surface area (Å²) in [6, 6.07) is 4.94. The maximum absolute atomic E-state index is 10.7. The van der Waals surface area contributed by atoms with Gasteiger partial charge in [-0.3, -0.25) is 4.79 Å². The number of phenolic OH excluding ortho intramolecular Hbond substituents is 1. The molecule has 0 saturated carbocycles. The Morgan fingerprint density at radius 3 is 3.06 bits per heavy atom. The zero-order valence-electron chi connectivity index (χ0n) is 8.60. The number of benzene rings is 1. The van der Waals surface area contributed by atoms with Gasteiger partial charge in [0.05, 0.1) is 18.2 Å². The Kier molecular flexibility index (Phi) is 3.31. The first-order chi connectivity index (χ1) is 7.70. The van der Waals surface area contributed by atoms with E-state index in [-0.39, 0.29) is 11.9 Å². The molecule has 0 bridgehead atoms. The second-order valence-electron chi connectivity index (χ2n) is 3.67. The molecule has 1 unspecified atom stereocenters. The lowest BCUT2D eigenvalue weighted by molar-refractivity contribution is -0.125. The third-order valence-corrected chi connectivity index (χ3v) is 2.89. The number of carbonyl (C=O) groups excluding carboxylic acids is 1. The van der Waals surface area contributed by atoms with Crippen LogP contribution in [0.1, 0.15) is 11.7 Å². The summed E-state index contributed by atoms with van der Waals surface area (Å²) in [5.41, 5.74) is 0.870. The maximum atomic E-state index is 10.7. The Morgan fingerprint density at radius 2 is 2.38 bits per heavy atom. The molecule has 1 N–H and O–H groups in total. The van der Waals surface area contributed by atoms with Crippen LogP contribution in [0.3, 0.4) is 0 Å². The Balaban J connectivity index is 2.16. The number of ether oxygens (including phenoxy) is 1. The second-order valence-corrected chi connectivity index (χ2v) is 4.08. The van der Waals surface area contributed by atoms with Crippen LogP contribution in [-0.4, -0.2) is 36.1 Å². The van der Waals surface area contributed by atoms with E-state index in [1.165, 1.54) is 6.07 Å². The van der Waals surface area contributed by atoms with Gasteiger partial charge in [0, 0.05) is 6.54 Å². The number of phenols is 1. The van der Waals surface area contributed by atoms with Crippen molar-refractivity contribution < 1.29 is 14.6 Å². The fourth-order valence-corrected chi connectivity index (χ4v) is 1.88. The van der Waals surface area contributed by atoms with Crippen LogP contribution in [0.4, 0.5) is 0 Å². The first-order valence-electron chi connectivity index (χ1n) is 5.00. The molecule has 2 rings (SSSR count). The van der Waals surface area contributed by atoms with Crippen LogP contribution < -0.4 is 0 Å². The van der Waals surface area contributed by atoms with E-state index in [1.807, 2.05) is 0 Å². The molecule has 1 atom stereocenters. The van der Waals surface area contributed by atoms with E-state index in [2.05, 4.69) is 0 Å². The molecule has 0 aromatic heterocycles. The molecular weight excluding hydrogens is 230 g/mol. The number of hydrogen-bond acceptors (Lipinski definition) is 3. The van der Waals surface area contributed by atoms with Gasteiger partial charge in [-0.1, -0.05) is 17.7 Å². The van der Waals surface area contributed by atoms with Crippen molar-refractivity contribution in [3.8, 4) is 5.75 Å². The lowest BCUT2D eigenvalue weighted by Crippen LogP contribution is -2.37. The summed E-state index contributed by atoms with van der Waals surface area (Å²) in [4.78, 5) is 12.3. The van der Waals surface area contributed by atoms with Crippen molar-refractivity contribution in [2.75, 3.05) is 19.7 Å². The van der Waals surface area contributed by atoms with Gasteiger partial charge in [-0.25, -0.2) is 0 Å². The zero-order valence-corrected chi connectivity index (χ0v) is 9.35. The molecule has 1 fully saturated rings. The molecular formula is C11H12ClNO3. The molecule has 1 aromatic rings. The van der Waals surface area contributed by atoms with Gasteiger partial charge in [-0.2, -0.15) is 0 Å². The molecule has 4 nitrogen and oxygen atoms in total. The van der Waals surface area contributed by atoms with E-state index >= 15 is 0 Å². The van der Waals surface area contributed by atoms with Crippen molar-refractivity contribution in [1.82, 2.24) is 4.90 Å². The normalized spacial score (nSPS) is 20.8. The van der Waals surface area contributed by atoms with E-state index in [9.17, 15) is 9.90 Å². The summed E-state index contributed by atoms with van der Waals surface area (Å²) in [5, 5.41) is 9.60. The Hall–Kier alpha value is -1.26. The third kappa shape index (κ3) is 2.28. The van der Waals surface area contributed by atoms with Crippen molar-refractivity contribution in [2.45, 2.75) is 6.10 Å². The van der Waals surface area contributed by atoms with Crippen LogP contribution in [-0.2, 0) is 9.53 Å². The number of hydrogen-bond donors (Lipinski definition) is 1. The molecule has 16 heavy (non-hydrogen) atoms. The van der Waals surface area contributed by atoms with Gasteiger partial charge in [0.25, 0.3) is 0 Å². The van der Waals surface area contributed by atoms with Gasteiger partial charge in [-0.05, 0) is 17.7 Å². The fourth-order valence-electron chi connectivity index (χ4n) is 1.69. The van der Waals surface area contributed by atoms with Crippen molar-refractivity contribution in [2.24, 2.45) is 0 Å². The molecule has 5 heteroatoms. The zero-order chi connectivity index (χ0) is 11.5. The second kappa shape index (κ2) is 4.72. The highest BCUT2D eigenvalue weighted by Gasteiger charge is 2.21. The van der Waals surface area contributed by atoms with Crippen LogP contribution >= 0.6 is 11.6 Å². The summed E-state index contributed by atoms with van der Waals surface area (Å²) in [7, 11) is 0. The van der Waals surface area contributed by atoms with Crippen molar-refractivity contribution >= 4 is 18.0 Å². The molecule has 0 radical (unpaired) electrons. The Morgan fingerprint density at radius 1 is 1.56 bits per heavy atom. The topological polar surface area (TPSA) is 49.8 Å². The molecule has 1 heterocycles. The molecule has 86 valence electrons. The average molecular weight is 242 g/mol. The minimum absolute atomic E-state index is 0.0495. The number of amides is 1. The number of aromatic hydroxyl groups is 1. The van der Waals surface area contributed by atoms with E-state index in [0.29, 0.717) is 24.7 Å². The largest absolute Gasteiger partial charge is 0.506 e. The summed E-state index contributed by atoms with van der Waals surface area (Å²) >= 11 is 5.81. The molecule has 1 aliphatic rings. The summed E-state index contributed by atoms with van der Waals surface area (Å²) in [6.45, 7) is 1.65. The molecule has 0 aliphatic carbocycles. The Labute approximate surface area is 98.4 Å².